The van der Waals surface area contributed by atoms with Crippen LogP contribution in [0.15, 0.2) is 72.8 Å². The Labute approximate surface area is 162 Å². The molecule has 0 fully saturated rings. The van der Waals surface area contributed by atoms with Crippen LogP contribution in [-0.2, 0) is 11.3 Å². The van der Waals surface area contributed by atoms with Crippen LogP contribution >= 0.6 is 23.2 Å². The lowest BCUT2D eigenvalue weighted by Gasteiger charge is -2.19. The van der Waals surface area contributed by atoms with Crippen molar-refractivity contribution in [1.82, 2.24) is 5.32 Å². The van der Waals surface area contributed by atoms with Gasteiger partial charge in [0.1, 0.15) is 5.75 Å². The van der Waals surface area contributed by atoms with Crippen LogP contribution in [0.4, 0.5) is 0 Å². The molecule has 0 bridgehead atoms. The summed E-state index contributed by atoms with van der Waals surface area (Å²) in [6, 6.07) is 21.3. The van der Waals surface area contributed by atoms with Crippen molar-refractivity contribution >= 4 is 29.1 Å². The second-order valence-electron chi connectivity index (χ2n) is 5.89. The molecule has 26 heavy (non-hydrogen) atoms. The summed E-state index contributed by atoms with van der Waals surface area (Å²) in [4.78, 5) is 13.0. The third-order valence-corrected chi connectivity index (χ3v) is 4.56. The standard InChI is InChI=1S/C21H17Cl2NO2/c22-16-8-6-14(7-9-16)13-24-21(26)20(15-4-2-1-3-5-15)18-12-17(23)10-11-19(18)25/h1-12,20,25H,13H2,(H,24,26)/t20-/m1/s1. The maximum absolute atomic E-state index is 13.0. The molecule has 1 atom stereocenters. The molecule has 0 spiro atoms. The maximum atomic E-state index is 13.0. The maximum Gasteiger partial charge on any atom is 0.232 e. The van der Waals surface area contributed by atoms with Gasteiger partial charge in [0.2, 0.25) is 5.91 Å². The summed E-state index contributed by atoms with van der Waals surface area (Å²) in [6.07, 6.45) is 0. The lowest BCUT2D eigenvalue weighted by Crippen LogP contribution is -2.29. The Morgan fingerprint density at radius 2 is 1.58 bits per heavy atom. The van der Waals surface area contributed by atoms with E-state index in [4.69, 9.17) is 23.2 Å². The average Bonchev–Trinajstić information content (AvgIpc) is 2.65. The molecule has 5 heteroatoms. The van der Waals surface area contributed by atoms with E-state index >= 15 is 0 Å². The number of benzene rings is 3. The van der Waals surface area contributed by atoms with Crippen molar-refractivity contribution in [2.75, 3.05) is 0 Å². The number of nitrogens with one attached hydrogen (secondary N) is 1. The molecule has 1 amide bonds. The number of hydrogen-bond acceptors (Lipinski definition) is 2. The molecule has 3 aromatic rings. The van der Waals surface area contributed by atoms with Crippen LogP contribution in [0.3, 0.4) is 0 Å². The second kappa shape index (κ2) is 8.26. The van der Waals surface area contributed by atoms with Crippen molar-refractivity contribution in [2.45, 2.75) is 12.5 Å². The van der Waals surface area contributed by atoms with Gasteiger partial charge >= 0.3 is 0 Å². The van der Waals surface area contributed by atoms with Crippen molar-refractivity contribution < 1.29 is 9.90 Å². The van der Waals surface area contributed by atoms with Crippen molar-refractivity contribution in [3.8, 4) is 5.75 Å². The fourth-order valence-electron chi connectivity index (χ4n) is 2.77. The Bertz CT molecular complexity index is 896. The highest BCUT2D eigenvalue weighted by atomic mass is 35.5. The first-order valence-electron chi connectivity index (χ1n) is 8.10. The number of phenols is 1. The minimum atomic E-state index is -0.665. The summed E-state index contributed by atoms with van der Waals surface area (Å²) < 4.78 is 0. The summed E-state index contributed by atoms with van der Waals surface area (Å²) in [5.74, 6) is -0.851. The van der Waals surface area contributed by atoms with Crippen LogP contribution in [-0.4, -0.2) is 11.0 Å². The van der Waals surface area contributed by atoms with Crippen LogP contribution in [0.5, 0.6) is 5.75 Å². The molecule has 3 aromatic carbocycles. The fourth-order valence-corrected chi connectivity index (χ4v) is 3.07. The summed E-state index contributed by atoms with van der Waals surface area (Å²) in [7, 11) is 0. The van der Waals surface area contributed by atoms with Crippen LogP contribution in [0, 0.1) is 0 Å². The van der Waals surface area contributed by atoms with Gasteiger partial charge in [0.05, 0.1) is 5.92 Å². The van der Waals surface area contributed by atoms with E-state index in [1.807, 2.05) is 42.5 Å². The molecular weight excluding hydrogens is 369 g/mol. The number of amides is 1. The molecule has 3 nitrogen and oxygen atoms in total. The van der Waals surface area contributed by atoms with E-state index in [0.717, 1.165) is 11.1 Å². The largest absolute Gasteiger partial charge is 0.508 e. The van der Waals surface area contributed by atoms with E-state index in [2.05, 4.69) is 5.32 Å². The van der Waals surface area contributed by atoms with E-state index < -0.39 is 5.92 Å². The molecule has 0 aromatic heterocycles. The highest BCUT2D eigenvalue weighted by Crippen LogP contribution is 2.33. The van der Waals surface area contributed by atoms with Crippen molar-refractivity contribution in [3.05, 3.63) is 99.5 Å². The monoisotopic (exact) mass is 385 g/mol. The zero-order valence-corrected chi connectivity index (χ0v) is 15.3. The second-order valence-corrected chi connectivity index (χ2v) is 6.76. The van der Waals surface area contributed by atoms with Crippen LogP contribution in [0.2, 0.25) is 10.0 Å². The molecule has 0 radical (unpaired) electrons. The smallest absolute Gasteiger partial charge is 0.232 e. The fraction of sp³-hybridized carbons (Fsp3) is 0.0952. The van der Waals surface area contributed by atoms with Crippen molar-refractivity contribution in [3.63, 3.8) is 0 Å². The Kier molecular flexibility index (Phi) is 5.82. The highest BCUT2D eigenvalue weighted by Gasteiger charge is 2.25. The van der Waals surface area contributed by atoms with Gasteiger partial charge in [-0.05, 0) is 41.5 Å². The van der Waals surface area contributed by atoms with E-state index in [-0.39, 0.29) is 11.7 Å². The van der Waals surface area contributed by atoms with E-state index in [9.17, 15) is 9.90 Å². The number of rotatable bonds is 5. The summed E-state index contributed by atoms with van der Waals surface area (Å²) >= 11 is 12.0. The minimum absolute atomic E-state index is 0.0323. The lowest BCUT2D eigenvalue weighted by molar-refractivity contribution is -0.121. The third kappa shape index (κ3) is 4.37. The predicted octanol–water partition coefficient (Wildman–Crippen LogP) is 5.15. The first-order valence-corrected chi connectivity index (χ1v) is 8.85. The molecule has 0 unspecified atom stereocenters. The third-order valence-electron chi connectivity index (χ3n) is 4.08. The average molecular weight is 386 g/mol. The summed E-state index contributed by atoms with van der Waals surface area (Å²) in [5, 5.41) is 14.3. The molecule has 2 N–H and O–H groups in total. The van der Waals surface area contributed by atoms with E-state index in [1.54, 1.807) is 24.3 Å². The van der Waals surface area contributed by atoms with Gasteiger partial charge in [0, 0.05) is 22.2 Å². The summed E-state index contributed by atoms with van der Waals surface area (Å²) in [5.41, 5.74) is 2.18. The van der Waals surface area contributed by atoms with Gasteiger partial charge in [-0.2, -0.15) is 0 Å². The Balaban J connectivity index is 1.89. The molecule has 0 saturated heterocycles. The van der Waals surface area contributed by atoms with Crippen molar-refractivity contribution in [2.24, 2.45) is 0 Å². The topological polar surface area (TPSA) is 49.3 Å². The molecule has 0 aliphatic carbocycles. The molecule has 0 saturated carbocycles. The first kappa shape index (κ1) is 18.3. The van der Waals surface area contributed by atoms with Crippen LogP contribution in [0.25, 0.3) is 0 Å². The number of phenolic OH excluding ortho intramolecular Hbond substituents is 1. The van der Waals surface area contributed by atoms with Gasteiger partial charge in [0.15, 0.2) is 0 Å². The zero-order valence-electron chi connectivity index (χ0n) is 13.8. The molecule has 0 aliphatic rings. The number of carbonyl (C=O) groups is 1. The van der Waals surface area contributed by atoms with Crippen LogP contribution in [0.1, 0.15) is 22.6 Å². The van der Waals surface area contributed by atoms with Gasteiger partial charge in [0.25, 0.3) is 0 Å². The van der Waals surface area contributed by atoms with Crippen LogP contribution < -0.4 is 5.32 Å². The predicted molar refractivity (Wildman–Crippen MR) is 105 cm³/mol. The first-order chi connectivity index (χ1) is 12.5. The normalized spacial score (nSPS) is 11.8. The minimum Gasteiger partial charge on any atom is -0.508 e. The number of hydrogen-bond donors (Lipinski definition) is 2. The van der Waals surface area contributed by atoms with Gasteiger partial charge in [-0.25, -0.2) is 0 Å². The Morgan fingerprint density at radius 3 is 2.27 bits per heavy atom. The Hall–Kier alpha value is -2.49. The molecule has 0 aliphatic heterocycles. The van der Waals surface area contributed by atoms with Gasteiger partial charge in [-0.15, -0.1) is 0 Å². The highest BCUT2D eigenvalue weighted by molar-refractivity contribution is 6.31. The van der Waals surface area contributed by atoms with Gasteiger partial charge in [-0.1, -0.05) is 65.7 Å². The quantitative estimate of drug-likeness (QED) is 0.637. The van der Waals surface area contributed by atoms with Crippen molar-refractivity contribution in [1.29, 1.82) is 0 Å². The summed E-state index contributed by atoms with van der Waals surface area (Å²) in [6.45, 7) is 0.362. The molecule has 3 rings (SSSR count). The number of carbonyl (C=O) groups excluding carboxylic acids is 1. The molecule has 132 valence electrons. The van der Waals surface area contributed by atoms with E-state index in [1.165, 1.54) is 6.07 Å². The lowest BCUT2D eigenvalue weighted by atomic mass is 9.89. The molecule has 0 heterocycles. The number of halogens is 2. The SMILES string of the molecule is O=C(NCc1ccc(Cl)cc1)[C@H](c1ccccc1)c1cc(Cl)ccc1O. The van der Waals surface area contributed by atoms with E-state index in [0.29, 0.717) is 22.2 Å². The number of aromatic hydroxyl groups is 1. The van der Waals surface area contributed by atoms with Gasteiger partial charge < -0.3 is 10.4 Å². The molecular formula is C21H17Cl2NO2. The van der Waals surface area contributed by atoms with Gasteiger partial charge in [-0.3, -0.25) is 4.79 Å². The zero-order chi connectivity index (χ0) is 18.5. The Morgan fingerprint density at radius 1 is 0.923 bits per heavy atom.